The highest BCUT2D eigenvalue weighted by molar-refractivity contribution is 5.94. The Morgan fingerprint density at radius 3 is 2.96 bits per heavy atom. The van der Waals surface area contributed by atoms with Crippen molar-refractivity contribution in [2.24, 2.45) is 0 Å². The summed E-state index contributed by atoms with van der Waals surface area (Å²) < 4.78 is 7.29. The van der Waals surface area contributed by atoms with Crippen LogP contribution in [0.15, 0.2) is 42.6 Å². The van der Waals surface area contributed by atoms with E-state index in [9.17, 15) is 4.79 Å². The second kappa shape index (κ2) is 7.79. The zero-order chi connectivity index (χ0) is 17.6. The van der Waals surface area contributed by atoms with Crippen molar-refractivity contribution in [3.8, 4) is 5.75 Å². The molecule has 0 bridgehead atoms. The van der Waals surface area contributed by atoms with Gasteiger partial charge in [0.05, 0.1) is 7.11 Å². The summed E-state index contributed by atoms with van der Waals surface area (Å²) in [6, 6.07) is 11.0. The largest absolute Gasteiger partial charge is 0.497 e. The van der Waals surface area contributed by atoms with Gasteiger partial charge in [0.15, 0.2) is 5.65 Å². The number of ether oxygens (including phenoxy) is 1. The fourth-order valence-electron chi connectivity index (χ4n) is 2.81. The standard InChI is InChI=1S/C19H22N4O2/c1-3-12-23-17(22-16-8-5-10-20-18(16)23)9-11-21-19(24)14-6-4-7-15(13-14)25-2/h4-8,10,13H,3,9,11-12H2,1-2H3,(H,21,24). The molecule has 6 nitrogen and oxygen atoms in total. The Morgan fingerprint density at radius 1 is 1.28 bits per heavy atom. The second-order valence-electron chi connectivity index (χ2n) is 5.76. The summed E-state index contributed by atoms with van der Waals surface area (Å²) in [6.07, 6.45) is 3.45. The van der Waals surface area contributed by atoms with Crippen molar-refractivity contribution in [2.45, 2.75) is 26.3 Å². The molecule has 3 aromatic rings. The molecular weight excluding hydrogens is 316 g/mol. The molecule has 3 rings (SSSR count). The number of amides is 1. The Hall–Kier alpha value is -2.89. The van der Waals surface area contributed by atoms with E-state index in [1.165, 1.54) is 0 Å². The van der Waals surface area contributed by atoms with Crippen LogP contribution >= 0.6 is 0 Å². The summed E-state index contributed by atoms with van der Waals surface area (Å²) in [7, 11) is 1.59. The van der Waals surface area contributed by atoms with E-state index in [2.05, 4.69) is 26.8 Å². The molecule has 2 aromatic heterocycles. The molecule has 2 heterocycles. The van der Waals surface area contributed by atoms with Crippen LogP contribution in [0.5, 0.6) is 5.75 Å². The SMILES string of the molecule is CCCn1c(CCNC(=O)c2cccc(OC)c2)nc2cccnc21. The van der Waals surface area contributed by atoms with Crippen LogP contribution in [0, 0.1) is 0 Å². The van der Waals surface area contributed by atoms with E-state index in [0.717, 1.165) is 30.0 Å². The highest BCUT2D eigenvalue weighted by Gasteiger charge is 2.12. The maximum Gasteiger partial charge on any atom is 0.251 e. The number of fused-ring (bicyclic) bond motifs is 1. The zero-order valence-corrected chi connectivity index (χ0v) is 14.5. The number of hydrogen-bond acceptors (Lipinski definition) is 4. The fourth-order valence-corrected chi connectivity index (χ4v) is 2.81. The molecule has 1 aromatic carbocycles. The number of aromatic nitrogens is 3. The van der Waals surface area contributed by atoms with Gasteiger partial charge >= 0.3 is 0 Å². The van der Waals surface area contributed by atoms with Gasteiger partial charge in [-0.25, -0.2) is 9.97 Å². The van der Waals surface area contributed by atoms with Crippen molar-refractivity contribution >= 4 is 17.1 Å². The number of hydrogen-bond donors (Lipinski definition) is 1. The van der Waals surface area contributed by atoms with Crippen molar-refractivity contribution in [3.05, 3.63) is 54.0 Å². The van der Waals surface area contributed by atoms with Gasteiger partial charge in [-0.1, -0.05) is 13.0 Å². The van der Waals surface area contributed by atoms with Crippen molar-refractivity contribution in [1.82, 2.24) is 19.9 Å². The highest BCUT2D eigenvalue weighted by Crippen LogP contribution is 2.15. The minimum absolute atomic E-state index is 0.116. The van der Waals surface area contributed by atoms with Crippen molar-refractivity contribution in [2.75, 3.05) is 13.7 Å². The predicted molar refractivity (Wildman–Crippen MR) is 96.9 cm³/mol. The maximum atomic E-state index is 12.3. The molecule has 0 aliphatic heterocycles. The fraction of sp³-hybridized carbons (Fsp3) is 0.316. The summed E-state index contributed by atoms with van der Waals surface area (Å²) in [5.74, 6) is 1.50. The van der Waals surface area contributed by atoms with Gasteiger partial charge in [-0.05, 0) is 36.8 Å². The molecule has 0 fully saturated rings. The molecule has 0 saturated carbocycles. The van der Waals surface area contributed by atoms with E-state index in [1.807, 2.05) is 18.2 Å². The number of nitrogens with zero attached hydrogens (tertiary/aromatic N) is 3. The number of pyridine rings is 1. The van der Waals surface area contributed by atoms with E-state index in [0.29, 0.717) is 24.3 Å². The van der Waals surface area contributed by atoms with Gasteiger partial charge in [-0.2, -0.15) is 0 Å². The van der Waals surface area contributed by atoms with E-state index < -0.39 is 0 Å². The Morgan fingerprint density at radius 2 is 2.16 bits per heavy atom. The van der Waals surface area contributed by atoms with Gasteiger partial charge in [0.1, 0.15) is 17.1 Å². The first-order chi connectivity index (χ1) is 12.2. The van der Waals surface area contributed by atoms with Crippen LogP contribution in [0.3, 0.4) is 0 Å². The molecule has 0 aliphatic carbocycles. The first-order valence-corrected chi connectivity index (χ1v) is 8.45. The van der Waals surface area contributed by atoms with Gasteiger partial charge in [-0.15, -0.1) is 0 Å². The van der Waals surface area contributed by atoms with E-state index in [-0.39, 0.29) is 5.91 Å². The summed E-state index contributed by atoms with van der Waals surface area (Å²) in [4.78, 5) is 21.4. The lowest BCUT2D eigenvalue weighted by atomic mass is 10.2. The number of benzene rings is 1. The molecule has 1 amide bonds. The molecule has 0 spiro atoms. The third-order valence-electron chi connectivity index (χ3n) is 4.00. The zero-order valence-electron chi connectivity index (χ0n) is 14.5. The molecular formula is C19H22N4O2. The molecule has 25 heavy (non-hydrogen) atoms. The number of methoxy groups -OCH3 is 1. The first-order valence-electron chi connectivity index (χ1n) is 8.45. The molecule has 130 valence electrons. The number of aryl methyl sites for hydroxylation is 1. The summed E-state index contributed by atoms with van der Waals surface area (Å²) in [5, 5.41) is 2.94. The summed E-state index contributed by atoms with van der Waals surface area (Å²) in [6.45, 7) is 3.51. The average Bonchev–Trinajstić information content (AvgIpc) is 3.00. The van der Waals surface area contributed by atoms with Gasteiger partial charge in [0.2, 0.25) is 0 Å². The van der Waals surface area contributed by atoms with E-state index in [4.69, 9.17) is 4.74 Å². The number of rotatable bonds is 7. The van der Waals surface area contributed by atoms with Gasteiger partial charge < -0.3 is 14.6 Å². The molecule has 0 atom stereocenters. The molecule has 0 saturated heterocycles. The van der Waals surface area contributed by atoms with Crippen molar-refractivity contribution in [1.29, 1.82) is 0 Å². The Labute approximate surface area is 146 Å². The first kappa shape index (κ1) is 17.0. The Bertz CT molecular complexity index is 873. The van der Waals surface area contributed by atoms with Crippen LogP contribution in [0.1, 0.15) is 29.5 Å². The van der Waals surface area contributed by atoms with Gasteiger partial charge in [0, 0.05) is 31.3 Å². The third kappa shape index (κ3) is 3.79. The molecule has 1 N–H and O–H groups in total. The van der Waals surface area contributed by atoms with Crippen LogP contribution in [-0.2, 0) is 13.0 Å². The van der Waals surface area contributed by atoms with Crippen LogP contribution in [0.2, 0.25) is 0 Å². The minimum Gasteiger partial charge on any atom is -0.497 e. The normalized spacial score (nSPS) is 10.8. The lowest BCUT2D eigenvalue weighted by molar-refractivity contribution is 0.0953. The quantitative estimate of drug-likeness (QED) is 0.719. The monoisotopic (exact) mass is 338 g/mol. The summed E-state index contributed by atoms with van der Waals surface area (Å²) >= 11 is 0. The topological polar surface area (TPSA) is 69.0 Å². The lowest BCUT2D eigenvalue weighted by Crippen LogP contribution is -2.26. The molecule has 6 heteroatoms. The maximum absolute atomic E-state index is 12.3. The summed E-state index contributed by atoms with van der Waals surface area (Å²) in [5.41, 5.74) is 2.38. The third-order valence-corrected chi connectivity index (χ3v) is 4.00. The van der Waals surface area contributed by atoms with Crippen LogP contribution in [-0.4, -0.2) is 34.1 Å². The average molecular weight is 338 g/mol. The Kier molecular flexibility index (Phi) is 5.28. The number of imidazole rings is 1. The van der Waals surface area contributed by atoms with E-state index in [1.54, 1.807) is 31.5 Å². The molecule has 0 aliphatic rings. The van der Waals surface area contributed by atoms with Crippen LogP contribution in [0.25, 0.3) is 11.2 Å². The molecule has 0 unspecified atom stereocenters. The Balaban J connectivity index is 1.68. The predicted octanol–water partition coefficient (Wildman–Crippen LogP) is 2.82. The second-order valence-corrected chi connectivity index (χ2v) is 5.76. The van der Waals surface area contributed by atoms with Crippen LogP contribution < -0.4 is 10.1 Å². The van der Waals surface area contributed by atoms with Gasteiger partial charge in [-0.3, -0.25) is 4.79 Å². The van der Waals surface area contributed by atoms with Gasteiger partial charge in [0.25, 0.3) is 5.91 Å². The number of nitrogens with one attached hydrogen (secondary N) is 1. The minimum atomic E-state index is -0.116. The van der Waals surface area contributed by atoms with Crippen molar-refractivity contribution in [3.63, 3.8) is 0 Å². The number of carbonyl (C=O) groups excluding carboxylic acids is 1. The van der Waals surface area contributed by atoms with Crippen molar-refractivity contribution < 1.29 is 9.53 Å². The number of carbonyl (C=O) groups is 1. The lowest BCUT2D eigenvalue weighted by Gasteiger charge is -2.09. The molecule has 0 radical (unpaired) electrons. The van der Waals surface area contributed by atoms with Crippen LogP contribution in [0.4, 0.5) is 0 Å². The van der Waals surface area contributed by atoms with E-state index >= 15 is 0 Å². The highest BCUT2D eigenvalue weighted by atomic mass is 16.5. The smallest absolute Gasteiger partial charge is 0.251 e.